The molecule has 0 amide bonds. The van der Waals surface area contributed by atoms with Gasteiger partial charge in [-0.25, -0.2) is 0 Å². The van der Waals surface area contributed by atoms with Crippen molar-refractivity contribution in [3.8, 4) is 0 Å². The molecule has 0 unspecified atom stereocenters. The predicted octanol–water partition coefficient (Wildman–Crippen LogP) is 4.54. The SMILES string of the molecule is CCC/C=C/c1ccc(C/C(C(=N)O[C@@H]2O[C@H](COC(C)=O)[C@@H](OC(C)=O)[C@H](COC(C)=O)[C@H]2OC(C)=O)=C(/N)C(C)C)c(C)c1. The van der Waals surface area contributed by atoms with Crippen molar-refractivity contribution in [1.82, 2.24) is 0 Å². The van der Waals surface area contributed by atoms with Crippen molar-refractivity contribution in [2.45, 2.75) is 99.3 Å². The number of carbonyl (C=O) groups excluding carboxylic acids is 4. The van der Waals surface area contributed by atoms with E-state index < -0.39 is 54.4 Å². The summed E-state index contributed by atoms with van der Waals surface area (Å²) in [5.41, 5.74) is 10.3. The van der Waals surface area contributed by atoms with Gasteiger partial charge >= 0.3 is 23.9 Å². The molecule has 0 spiro atoms. The minimum Gasteiger partial charge on any atom is -0.465 e. The number of hydrogen-bond donors (Lipinski definition) is 2. The van der Waals surface area contributed by atoms with Gasteiger partial charge in [-0.3, -0.25) is 24.6 Å². The normalized spacial score (nSPS) is 21.7. The molecule has 0 bridgehead atoms. The van der Waals surface area contributed by atoms with Gasteiger partial charge in [-0.1, -0.05) is 57.5 Å². The van der Waals surface area contributed by atoms with Crippen LogP contribution in [0.3, 0.4) is 0 Å². The highest BCUT2D eigenvalue weighted by molar-refractivity contribution is 5.92. The summed E-state index contributed by atoms with van der Waals surface area (Å²) in [6.07, 6.45) is 1.46. The van der Waals surface area contributed by atoms with Gasteiger partial charge < -0.3 is 34.2 Å². The first-order valence-corrected chi connectivity index (χ1v) is 15.4. The molecule has 1 aromatic rings. The number of rotatable bonds is 14. The van der Waals surface area contributed by atoms with E-state index in [4.69, 9.17) is 39.6 Å². The fraction of sp³-hybridized carbons (Fsp3) is 0.559. The zero-order valence-electron chi connectivity index (χ0n) is 28.0. The molecule has 0 aromatic heterocycles. The van der Waals surface area contributed by atoms with Gasteiger partial charge in [-0.15, -0.1) is 0 Å². The van der Waals surface area contributed by atoms with Gasteiger partial charge in [0, 0.05) is 45.4 Å². The molecule has 2 rings (SSSR count). The Labute approximate surface area is 271 Å². The number of carbonyl (C=O) groups is 4. The molecule has 46 heavy (non-hydrogen) atoms. The molecule has 0 radical (unpaired) electrons. The van der Waals surface area contributed by atoms with Crippen LogP contribution < -0.4 is 5.73 Å². The summed E-state index contributed by atoms with van der Waals surface area (Å²) in [4.78, 5) is 47.8. The Bertz CT molecular complexity index is 1320. The van der Waals surface area contributed by atoms with E-state index in [9.17, 15) is 19.2 Å². The number of esters is 4. The Morgan fingerprint density at radius 3 is 2.09 bits per heavy atom. The highest BCUT2D eigenvalue weighted by Gasteiger charge is 2.52. The summed E-state index contributed by atoms with van der Waals surface area (Å²) in [6, 6.07) is 6.04. The molecule has 5 atom stereocenters. The van der Waals surface area contributed by atoms with Gasteiger partial charge in [0.15, 0.2) is 6.10 Å². The lowest BCUT2D eigenvalue weighted by atomic mass is 9.89. The largest absolute Gasteiger partial charge is 0.465 e. The van der Waals surface area contributed by atoms with Crippen LogP contribution in [0.5, 0.6) is 0 Å². The first-order chi connectivity index (χ1) is 21.6. The lowest BCUT2D eigenvalue weighted by molar-refractivity contribution is -0.281. The Balaban J connectivity index is 2.53. The molecule has 1 fully saturated rings. The molecule has 12 heteroatoms. The molecular weight excluding hydrogens is 596 g/mol. The first kappa shape index (κ1) is 38.0. The molecule has 12 nitrogen and oxygen atoms in total. The van der Waals surface area contributed by atoms with Crippen molar-refractivity contribution in [3.05, 3.63) is 52.2 Å². The van der Waals surface area contributed by atoms with Gasteiger partial charge in [0.05, 0.1) is 5.92 Å². The highest BCUT2D eigenvalue weighted by Crippen LogP contribution is 2.34. The maximum atomic E-state index is 12.3. The fourth-order valence-corrected chi connectivity index (χ4v) is 4.96. The third kappa shape index (κ3) is 11.6. The van der Waals surface area contributed by atoms with Crippen molar-refractivity contribution in [2.24, 2.45) is 17.6 Å². The van der Waals surface area contributed by atoms with Crippen LogP contribution in [0.1, 0.15) is 78.0 Å². The quantitative estimate of drug-likeness (QED) is 0.126. The van der Waals surface area contributed by atoms with Crippen LogP contribution in [-0.4, -0.2) is 67.6 Å². The summed E-state index contributed by atoms with van der Waals surface area (Å²) in [7, 11) is 0. The molecule has 0 saturated carbocycles. The van der Waals surface area contributed by atoms with Gasteiger partial charge in [0.25, 0.3) is 0 Å². The van der Waals surface area contributed by atoms with Gasteiger partial charge in [-0.05, 0) is 36.0 Å². The number of allylic oxidation sites excluding steroid dienone is 2. The average Bonchev–Trinajstić information content (AvgIpc) is 2.95. The third-order valence-corrected chi connectivity index (χ3v) is 7.30. The summed E-state index contributed by atoms with van der Waals surface area (Å²) in [5, 5.41) is 9.04. The lowest BCUT2D eigenvalue weighted by Gasteiger charge is -2.44. The smallest absolute Gasteiger partial charge is 0.303 e. The van der Waals surface area contributed by atoms with Gasteiger partial charge in [0.1, 0.15) is 25.4 Å². The summed E-state index contributed by atoms with van der Waals surface area (Å²) >= 11 is 0. The van der Waals surface area contributed by atoms with E-state index in [1.165, 1.54) is 27.7 Å². The number of aryl methyl sites for hydroxylation is 1. The topological polar surface area (TPSA) is 174 Å². The molecule has 1 aromatic carbocycles. The van der Waals surface area contributed by atoms with E-state index in [-0.39, 0.29) is 31.5 Å². The Hall–Kier alpha value is -4.19. The Morgan fingerprint density at radius 1 is 0.935 bits per heavy atom. The maximum absolute atomic E-state index is 12.3. The molecule has 254 valence electrons. The second kappa shape index (κ2) is 18.1. The van der Waals surface area contributed by atoms with Crippen molar-refractivity contribution >= 4 is 35.9 Å². The van der Waals surface area contributed by atoms with Crippen molar-refractivity contribution in [1.29, 1.82) is 5.41 Å². The van der Waals surface area contributed by atoms with E-state index >= 15 is 0 Å². The maximum Gasteiger partial charge on any atom is 0.303 e. The van der Waals surface area contributed by atoms with Gasteiger partial charge in [0.2, 0.25) is 12.2 Å². The minimum atomic E-state index is -1.45. The number of unbranched alkanes of at least 4 members (excludes halogenated alkanes) is 1. The van der Waals surface area contributed by atoms with Crippen molar-refractivity contribution < 1.29 is 47.6 Å². The Morgan fingerprint density at radius 2 is 1.54 bits per heavy atom. The molecular formula is C34H48N2O10. The van der Waals surface area contributed by atoms with Crippen LogP contribution in [0.2, 0.25) is 0 Å². The average molecular weight is 645 g/mol. The van der Waals surface area contributed by atoms with Crippen LogP contribution in [0, 0.1) is 24.2 Å². The molecule has 1 aliphatic heterocycles. The molecule has 1 heterocycles. The number of ether oxygens (including phenoxy) is 6. The summed E-state index contributed by atoms with van der Waals surface area (Å²) < 4.78 is 33.7. The van der Waals surface area contributed by atoms with E-state index in [1.807, 2.05) is 32.9 Å². The monoisotopic (exact) mass is 644 g/mol. The first-order valence-electron chi connectivity index (χ1n) is 15.4. The highest BCUT2D eigenvalue weighted by atomic mass is 16.7. The number of hydrogen-bond acceptors (Lipinski definition) is 12. The van der Waals surface area contributed by atoms with Crippen molar-refractivity contribution in [3.63, 3.8) is 0 Å². The second-order valence-electron chi connectivity index (χ2n) is 11.5. The molecule has 0 aliphatic carbocycles. The van der Waals surface area contributed by atoms with E-state index in [1.54, 1.807) is 0 Å². The molecule has 3 N–H and O–H groups in total. The van der Waals surface area contributed by atoms with Crippen LogP contribution in [0.25, 0.3) is 6.08 Å². The molecule has 1 aliphatic rings. The molecule has 1 saturated heterocycles. The van der Waals surface area contributed by atoms with Crippen LogP contribution in [0.15, 0.2) is 35.5 Å². The number of nitrogens with one attached hydrogen (secondary N) is 1. The van der Waals surface area contributed by atoms with E-state index in [0.29, 0.717) is 11.3 Å². The lowest BCUT2D eigenvalue weighted by Crippen LogP contribution is -2.60. The van der Waals surface area contributed by atoms with E-state index in [0.717, 1.165) is 29.5 Å². The summed E-state index contributed by atoms with van der Waals surface area (Å²) in [5.74, 6) is -4.14. The number of benzene rings is 1. The Kier molecular flexibility index (Phi) is 14.9. The minimum absolute atomic E-state index is 0.145. The second-order valence-corrected chi connectivity index (χ2v) is 11.5. The summed E-state index contributed by atoms with van der Waals surface area (Å²) in [6.45, 7) is 11.9. The standard InChI is InChI=1S/C34H48N2O10/c1-9-10-11-12-25-13-14-26(20(4)15-25)16-27(30(35)19(2)3)33(36)46-34-32(44-24(8)40)28(17-41-21(5)37)31(43-23(7)39)29(45-34)18-42-22(6)38/h11-15,19,28-29,31-32,34,36H,9-10,16-18,35H2,1-8H3/b12-11+,30-27-,36-33?/t28-,29+,31-,32+,34-/m0/s1. The third-order valence-electron chi connectivity index (χ3n) is 7.30. The number of nitrogens with two attached hydrogens (primary N) is 1. The van der Waals surface area contributed by atoms with Gasteiger partial charge in [-0.2, -0.15) is 0 Å². The fourth-order valence-electron chi connectivity index (χ4n) is 4.96. The van der Waals surface area contributed by atoms with Crippen molar-refractivity contribution in [2.75, 3.05) is 13.2 Å². The predicted molar refractivity (Wildman–Crippen MR) is 170 cm³/mol. The zero-order valence-corrected chi connectivity index (χ0v) is 28.0. The van der Waals surface area contributed by atoms with Crippen LogP contribution in [0.4, 0.5) is 0 Å². The van der Waals surface area contributed by atoms with Crippen LogP contribution >= 0.6 is 0 Å². The van der Waals surface area contributed by atoms with E-state index in [2.05, 4.69) is 25.1 Å². The van der Waals surface area contributed by atoms with Crippen LogP contribution in [-0.2, 0) is 54.0 Å². The zero-order chi connectivity index (χ0) is 34.6.